The Hall–Kier alpha value is -0.960. The van der Waals surface area contributed by atoms with Crippen LogP contribution in [0.5, 0.6) is 0 Å². The lowest BCUT2D eigenvalue weighted by atomic mass is 10.1. The molecule has 0 fully saturated rings. The Bertz CT molecular complexity index is 326. The van der Waals surface area contributed by atoms with Gasteiger partial charge in [0.25, 0.3) is 6.43 Å². The molecule has 1 nitrogen and oxygen atoms in total. The Morgan fingerprint density at radius 2 is 2.14 bits per heavy atom. The van der Waals surface area contributed by atoms with E-state index in [0.717, 1.165) is 6.29 Å². The summed E-state index contributed by atoms with van der Waals surface area (Å²) in [5, 5.41) is 0.427. The topological polar surface area (TPSA) is 17.1 Å². The lowest BCUT2D eigenvalue weighted by Gasteiger charge is -2.05. The minimum atomic E-state index is -2.50. The van der Waals surface area contributed by atoms with Crippen LogP contribution in [0.3, 0.4) is 0 Å². The van der Waals surface area contributed by atoms with Gasteiger partial charge in [-0.2, -0.15) is 0 Å². The van der Waals surface area contributed by atoms with E-state index >= 15 is 0 Å². The smallest absolute Gasteiger partial charge is 0.263 e. The summed E-state index contributed by atoms with van der Waals surface area (Å²) in [6.07, 6.45) is -1.05. The monoisotopic (exact) mass is 218 g/mol. The normalized spacial score (nSPS) is 10.6. The van der Waals surface area contributed by atoms with Crippen molar-refractivity contribution >= 4 is 17.9 Å². The molecule has 0 amide bonds. The van der Waals surface area contributed by atoms with Gasteiger partial charge in [0.2, 0.25) is 0 Å². The summed E-state index contributed by atoms with van der Waals surface area (Å²) in [4.78, 5) is 10.1. The molecule has 1 rings (SSSR count). The third-order valence-corrected chi connectivity index (χ3v) is 2.22. The number of benzene rings is 1. The van der Waals surface area contributed by atoms with Crippen LogP contribution >= 0.6 is 11.6 Å². The van der Waals surface area contributed by atoms with Gasteiger partial charge in [0.15, 0.2) is 0 Å². The second-order valence-electron chi connectivity index (χ2n) is 2.86. The van der Waals surface area contributed by atoms with Crippen LogP contribution < -0.4 is 0 Å². The Morgan fingerprint density at radius 3 is 2.71 bits per heavy atom. The molecule has 0 heterocycles. The number of hydrogen-bond donors (Lipinski definition) is 0. The van der Waals surface area contributed by atoms with Crippen LogP contribution in [0, 0.1) is 0 Å². The molecule has 0 atom stereocenters. The second kappa shape index (κ2) is 5.05. The third-order valence-electron chi connectivity index (χ3n) is 1.85. The molecule has 0 unspecified atom stereocenters. The zero-order valence-corrected chi connectivity index (χ0v) is 8.10. The van der Waals surface area contributed by atoms with Crippen molar-refractivity contribution in [1.82, 2.24) is 0 Å². The fraction of sp³-hybridized carbons (Fsp3) is 0.300. The van der Waals surface area contributed by atoms with Crippen molar-refractivity contribution in [3.8, 4) is 0 Å². The van der Waals surface area contributed by atoms with Gasteiger partial charge in [-0.15, -0.1) is 0 Å². The summed E-state index contributed by atoms with van der Waals surface area (Å²) in [5.74, 6) is 0. The highest BCUT2D eigenvalue weighted by Gasteiger charge is 2.09. The molecule has 0 saturated carbocycles. The summed E-state index contributed by atoms with van der Waals surface area (Å²) in [7, 11) is 0. The van der Waals surface area contributed by atoms with Crippen LogP contribution in [0.4, 0.5) is 8.78 Å². The van der Waals surface area contributed by atoms with Crippen molar-refractivity contribution < 1.29 is 13.6 Å². The summed E-state index contributed by atoms with van der Waals surface area (Å²) < 4.78 is 24.6. The zero-order chi connectivity index (χ0) is 10.6. The Kier molecular flexibility index (Phi) is 4.01. The number of aldehydes is 1. The van der Waals surface area contributed by atoms with E-state index in [1.165, 1.54) is 18.2 Å². The van der Waals surface area contributed by atoms with E-state index in [1.807, 2.05) is 0 Å². The molecule has 0 aliphatic rings. The maximum absolute atomic E-state index is 12.3. The molecule has 76 valence electrons. The van der Waals surface area contributed by atoms with Gasteiger partial charge in [-0.25, -0.2) is 8.78 Å². The summed E-state index contributed by atoms with van der Waals surface area (Å²) >= 11 is 5.78. The van der Waals surface area contributed by atoms with Gasteiger partial charge in [0.05, 0.1) is 0 Å². The van der Waals surface area contributed by atoms with Crippen molar-refractivity contribution in [3.05, 3.63) is 34.3 Å². The lowest BCUT2D eigenvalue weighted by molar-refractivity contribution is -0.107. The van der Waals surface area contributed by atoms with E-state index in [2.05, 4.69) is 0 Å². The van der Waals surface area contributed by atoms with Crippen molar-refractivity contribution in [2.45, 2.75) is 19.3 Å². The van der Waals surface area contributed by atoms with Gasteiger partial charge in [-0.1, -0.05) is 17.7 Å². The number of hydrogen-bond acceptors (Lipinski definition) is 1. The van der Waals surface area contributed by atoms with E-state index in [9.17, 15) is 13.6 Å². The Morgan fingerprint density at radius 1 is 1.43 bits per heavy atom. The molecule has 0 radical (unpaired) electrons. The number of rotatable bonds is 4. The third kappa shape index (κ3) is 2.77. The van der Waals surface area contributed by atoms with Gasteiger partial charge < -0.3 is 4.79 Å². The molecule has 1 aromatic rings. The molecule has 0 aliphatic carbocycles. The summed E-state index contributed by atoms with van der Waals surface area (Å²) in [6, 6.07) is 4.07. The fourth-order valence-electron chi connectivity index (χ4n) is 1.14. The van der Waals surface area contributed by atoms with Gasteiger partial charge in [0.1, 0.15) is 6.29 Å². The maximum Gasteiger partial charge on any atom is 0.263 e. The number of aryl methyl sites for hydroxylation is 1. The standard InChI is InChI=1S/C10H9ClF2O/c11-9-4-3-8(10(12)13)6-7(9)2-1-5-14/h3-6,10H,1-2H2. The van der Waals surface area contributed by atoms with Crippen LogP contribution in [-0.4, -0.2) is 6.29 Å². The van der Waals surface area contributed by atoms with E-state index in [-0.39, 0.29) is 5.56 Å². The average molecular weight is 219 g/mol. The number of alkyl halides is 2. The SMILES string of the molecule is O=CCCc1cc(C(F)F)ccc1Cl. The predicted octanol–water partition coefficient (Wildman–Crippen LogP) is 3.41. The average Bonchev–Trinajstić information content (AvgIpc) is 2.16. The molecular weight excluding hydrogens is 210 g/mol. The quantitative estimate of drug-likeness (QED) is 0.708. The van der Waals surface area contributed by atoms with Gasteiger partial charge >= 0.3 is 0 Å². The largest absolute Gasteiger partial charge is 0.303 e. The maximum atomic E-state index is 12.3. The molecular formula is C10H9ClF2O. The first-order valence-corrected chi connectivity index (χ1v) is 4.53. The van der Waals surface area contributed by atoms with Crippen LogP contribution in [0.25, 0.3) is 0 Å². The van der Waals surface area contributed by atoms with Crippen molar-refractivity contribution in [2.24, 2.45) is 0 Å². The molecule has 0 spiro atoms. The Balaban J connectivity index is 2.90. The second-order valence-corrected chi connectivity index (χ2v) is 3.26. The number of halogens is 3. The molecule has 0 N–H and O–H groups in total. The molecule has 4 heteroatoms. The molecule has 0 aliphatic heterocycles. The first-order chi connectivity index (χ1) is 6.65. The predicted molar refractivity (Wildman–Crippen MR) is 50.8 cm³/mol. The van der Waals surface area contributed by atoms with E-state index in [0.29, 0.717) is 23.4 Å². The summed E-state index contributed by atoms with van der Waals surface area (Å²) in [6.45, 7) is 0. The molecule has 0 aromatic heterocycles. The van der Waals surface area contributed by atoms with Crippen LogP contribution in [0.15, 0.2) is 18.2 Å². The fourth-order valence-corrected chi connectivity index (χ4v) is 1.35. The van der Waals surface area contributed by atoms with Crippen LogP contribution in [0.2, 0.25) is 5.02 Å². The Labute approximate surface area is 85.7 Å². The van der Waals surface area contributed by atoms with E-state index in [4.69, 9.17) is 11.6 Å². The molecule has 14 heavy (non-hydrogen) atoms. The van der Waals surface area contributed by atoms with E-state index in [1.54, 1.807) is 0 Å². The van der Waals surface area contributed by atoms with Crippen molar-refractivity contribution in [3.63, 3.8) is 0 Å². The lowest BCUT2D eigenvalue weighted by Crippen LogP contribution is -1.91. The van der Waals surface area contributed by atoms with Crippen molar-refractivity contribution in [1.29, 1.82) is 0 Å². The van der Waals surface area contributed by atoms with Gasteiger partial charge in [0, 0.05) is 17.0 Å². The number of carbonyl (C=O) groups excluding carboxylic acids is 1. The molecule has 0 bridgehead atoms. The molecule has 1 aromatic carbocycles. The van der Waals surface area contributed by atoms with Crippen LogP contribution in [-0.2, 0) is 11.2 Å². The van der Waals surface area contributed by atoms with Crippen molar-refractivity contribution in [2.75, 3.05) is 0 Å². The van der Waals surface area contributed by atoms with Gasteiger partial charge in [-0.3, -0.25) is 0 Å². The van der Waals surface area contributed by atoms with Gasteiger partial charge in [-0.05, 0) is 24.1 Å². The first-order valence-electron chi connectivity index (χ1n) is 4.15. The van der Waals surface area contributed by atoms with Crippen LogP contribution in [0.1, 0.15) is 24.0 Å². The minimum Gasteiger partial charge on any atom is -0.303 e. The highest BCUT2D eigenvalue weighted by atomic mass is 35.5. The highest BCUT2D eigenvalue weighted by Crippen LogP contribution is 2.25. The molecule has 0 saturated heterocycles. The summed E-state index contributed by atoms with van der Waals surface area (Å²) in [5.41, 5.74) is 0.534. The zero-order valence-electron chi connectivity index (χ0n) is 7.34. The number of carbonyl (C=O) groups is 1. The van der Waals surface area contributed by atoms with E-state index < -0.39 is 6.43 Å². The highest BCUT2D eigenvalue weighted by molar-refractivity contribution is 6.31. The minimum absolute atomic E-state index is 0.0599. The first kappa shape index (κ1) is 11.1.